The van der Waals surface area contributed by atoms with Crippen LogP contribution in [0.4, 0.5) is 4.39 Å². The summed E-state index contributed by atoms with van der Waals surface area (Å²) in [7, 11) is 0. The maximum absolute atomic E-state index is 14.2. The number of carbonyl (C=O) groups is 1. The zero-order valence-corrected chi connectivity index (χ0v) is 12.5. The van der Waals surface area contributed by atoms with Crippen LogP contribution in [0.2, 0.25) is 0 Å². The standard InChI is InChI=1S/C19H20FNO/c20-17-11-5-4-10-16(17)19(12-6-7-13-19)21-18(22)14-15-8-2-1-3-9-15/h1-5,8-11H,6-7,12-14H2,(H,21,22). The van der Waals surface area contributed by atoms with Gasteiger partial charge in [0.1, 0.15) is 5.82 Å². The van der Waals surface area contributed by atoms with E-state index in [0.29, 0.717) is 12.0 Å². The molecule has 0 saturated heterocycles. The molecule has 3 heteroatoms. The minimum atomic E-state index is -0.544. The van der Waals surface area contributed by atoms with Crippen molar-refractivity contribution in [2.75, 3.05) is 0 Å². The molecule has 2 aromatic rings. The third-order valence-corrected chi connectivity index (χ3v) is 4.43. The van der Waals surface area contributed by atoms with Crippen molar-refractivity contribution in [1.82, 2.24) is 5.32 Å². The van der Waals surface area contributed by atoms with Crippen molar-refractivity contribution in [2.24, 2.45) is 0 Å². The summed E-state index contributed by atoms with van der Waals surface area (Å²) >= 11 is 0. The first-order valence-electron chi connectivity index (χ1n) is 7.80. The minimum absolute atomic E-state index is 0.0450. The van der Waals surface area contributed by atoms with Crippen molar-refractivity contribution in [1.29, 1.82) is 0 Å². The summed E-state index contributed by atoms with van der Waals surface area (Å²) in [6.45, 7) is 0. The molecule has 0 unspecified atom stereocenters. The Balaban J connectivity index is 1.80. The van der Waals surface area contributed by atoms with E-state index < -0.39 is 5.54 Å². The van der Waals surface area contributed by atoms with E-state index in [4.69, 9.17) is 0 Å². The smallest absolute Gasteiger partial charge is 0.225 e. The Morgan fingerprint density at radius 2 is 1.64 bits per heavy atom. The Morgan fingerprint density at radius 1 is 1.00 bits per heavy atom. The lowest BCUT2D eigenvalue weighted by molar-refractivity contribution is -0.122. The van der Waals surface area contributed by atoms with Gasteiger partial charge < -0.3 is 5.32 Å². The summed E-state index contributed by atoms with van der Waals surface area (Å²) in [6, 6.07) is 16.4. The first kappa shape index (κ1) is 14.8. The van der Waals surface area contributed by atoms with Gasteiger partial charge in [0.15, 0.2) is 0 Å². The van der Waals surface area contributed by atoms with E-state index in [2.05, 4.69) is 5.32 Å². The van der Waals surface area contributed by atoms with E-state index in [1.54, 1.807) is 12.1 Å². The van der Waals surface area contributed by atoms with Crippen molar-refractivity contribution in [3.8, 4) is 0 Å². The Labute approximate surface area is 130 Å². The van der Waals surface area contributed by atoms with E-state index >= 15 is 0 Å². The zero-order valence-electron chi connectivity index (χ0n) is 12.5. The number of amides is 1. The van der Waals surface area contributed by atoms with Gasteiger partial charge in [-0.2, -0.15) is 0 Å². The molecule has 1 aliphatic rings. The van der Waals surface area contributed by atoms with Gasteiger partial charge in [0.25, 0.3) is 0 Å². The molecule has 1 saturated carbocycles. The van der Waals surface area contributed by atoms with E-state index in [-0.39, 0.29) is 11.7 Å². The van der Waals surface area contributed by atoms with Crippen LogP contribution < -0.4 is 5.32 Å². The number of halogens is 1. The highest BCUT2D eigenvalue weighted by Gasteiger charge is 2.38. The molecule has 2 nitrogen and oxygen atoms in total. The van der Waals surface area contributed by atoms with Gasteiger partial charge in [0.05, 0.1) is 12.0 Å². The summed E-state index contributed by atoms with van der Waals surface area (Å²) < 4.78 is 14.2. The first-order chi connectivity index (χ1) is 10.7. The fourth-order valence-electron chi connectivity index (χ4n) is 3.38. The molecule has 0 heterocycles. The van der Waals surface area contributed by atoms with Gasteiger partial charge in [-0.1, -0.05) is 61.4 Å². The second-order valence-corrected chi connectivity index (χ2v) is 5.98. The zero-order chi connectivity index (χ0) is 15.4. The van der Waals surface area contributed by atoms with Crippen molar-refractivity contribution in [3.05, 3.63) is 71.5 Å². The summed E-state index contributed by atoms with van der Waals surface area (Å²) in [4.78, 5) is 12.4. The van der Waals surface area contributed by atoms with Crippen LogP contribution in [0.1, 0.15) is 36.8 Å². The summed E-state index contributed by atoms with van der Waals surface area (Å²) in [6.07, 6.45) is 3.96. The predicted molar refractivity (Wildman–Crippen MR) is 84.8 cm³/mol. The first-order valence-corrected chi connectivity index (χ1v) is 7.80. The van der Waals surface area contributed by atoms with Gasteiger partial charge in [-0.15, -0.1) is 0 Å². The normalized spacial score (nSPS) is 16.4. The van der Waals surface area contributed by atoms with Crippen LogP contribution in [0, 0.1) is 5.82 Å². The molecule has 3 rings (SSSR count). The van der Waals surface area contributed by atoms with Crippen LogP contribution in [0.15, 0.2) is 54.6 Å². The molecule has 0 atom stereocenters. The largest absolute Gasteiger partial charge is 0.346 e. The molecule has 1 fully saturated rings. The van der Waals surface area contributed by atoms with Crippen molar-refractivity contribution in [3.63, 3.8) is 0 Å². The number of nitrogens with one attached hydrogen (secondary N) is 1. The van der Waals surface area contributed by atoms with E-state index in [0.717, 1.165) is 31.2 Å². The van der Waals surface area contributed by atoms with Crippen LogP contribution in [-0.2, 0) is 16.8 Å². The molecule has 0 radical (unpaired) electrons. The minimum Gasteiger partial charge on any atom is -0.346 e. The van der Waals surface area contributed by atoms with Crippen molar-refractivity contribution >= 4 is 5.91 Å². The molecule has 0 aromatic heterocycles. The van der Waals surface area contributed by atoms with Crippen LogP contribution in [0.5, 0.6) is 0 Å². The summed E-state index contributed by atoms with van der Waals surface area (Å²) in [5.74, 6) is -0.277. The molecular weight excluding hydrogens is 277 g/mol. The highest BCUT2D eigenvalue weighted by atomic mass is 19.1. The third kappa shape index (κ3) is 3.03. The topological polar surface area (TPSA) is 29.1 Å². The molecule has 0 aliphatic heterocycles. The van der Waals surface area contributed by atoms with Gasteiger partial charge in [-0.05, 0) is 24.5 Å². The fraction of sp³-hybridized carbons (Fsp3) is 0.316. The lowest BCUT2D eigenvalue weighted by Gasteiger charge is -2.31. The van der Waals surface area contributed by atoms with Gasteiger partial charge >= 0.3 is 0 Å². The van der Waals surface area contributed by atoms with Crippen LogP contribution in [0.3, 0.4) is 0 Å². The molecule has 22 heavy (non-hydrogen) atoms. The second-order valence-electron chi connectivity index (χ2n) is 5.98. The fourth-order valence-corrected chi connectivity index (χ4v) is 3.38. The third-order valence-electron chi connectivity index (χ3n) is 4.43. The number of benzene rings is 2. The molecule has 1 amide bonds. The maximum Gasteiger partial charge on any atom is 0.225 e. The predicted octanol–water partition coefficient (Wildman–Crippen LogP) is 3.95. The van der Waals surface area contributed by atoms with Crippen molar-refractivity contribution < 1.29 is 9.18 Å². The highest BCUT2D eigenvalue weighted by Crippen LogP contribution is 2.39. The maximum atomic E-state index is 14.2. The number of hydrogen-bond donors (Lipinski definition) is 1. The molecule has 1 N–H and O–H groups in total. The number of hydrogen-bond acceptors (Lipinski definition) is 1. The highest BCUT2D eigenvalue weighted by molar-refractivity contribution is 5.79. The lowest BCUT2D eigenvalue weighted by Crippen LogP contribution is -2.45. The number of carbonyl (C=O) groups excluding carboxylic acids is 1. The van der Waals surface area contributed by atoms with Crippen molar-refractivity contribution in [2.45, 2.75) is 37.6 Å². The number of rotatable bonds is 4. The average Bonchev–Trinajstić information content (AvgIpc) is 2.98. The van der Waals surface area contributed by atoms with Gasteiger partial charge in [-0.25, -0.2) is 4.39 Å². The summed E-state index contributed by atoms with van der Waals surface area (Å²) in [5, 5.41) is 3.12. The van der Waals surface area contributed by atoms with Crippen LogP contribution >= 0.6 is 0 Å². The lowest BCUT2D eigenvalue weighted by atomic mass is 9.87. The van der Waals surface area contributed by atoms with Gasteiger partial charge in [-0.3, -0.25) is 4.79 Å². The van der Waals surface area contributed by atoms with E-state index in [9.17, 15) is 9.18 Å². The Kier molecular flexibility index (Phi) is 4.23. The molecule has 1 aliphatic carbocycles. The monoisotopic (exact) mass is 297 g/mol. The molecule has 2 aromatic carbocycles. The Hall–Kier alpha value is -2.16. The molecule has 0 spiro atoms. The van der Waals surface area contributed by atoms with E-state index in [1.807, 2.05) is 36.4 Å². The Morgan fingerprint density at radius 3 is 2.32 bits per heavy atom. The average molecular weight is 297 g/mol. The Bertz CT molecular complexity index is 647. The van der Waals surface area contributed by atoms with Crippen LogP contribution in [-0.4, -0.2) is 5.91 Å². The summed E-state index contributed by atoms with van der Waals surface area (Å²) in [5.41, 5.74) is 1.05. The van der Waals surface area contributed by atoms with Crippen LogP contribution in [0.25, 0.3) is 0 Å². The van der Waals surface area contributed by atoms with Gasteiger partial charge in [0.2, 0.25) is 5.91 Å². The quantitative estimate of drug-likeness (QED) is 0.909. The SMILES string of the molecule is O=C(Cc1ccccc1)NC1(c2ccccc2F)CCCC1. The van der Waals surface area contributed by atoms with Gasteiger partial charge in [0, 0.05) is 5.56 Å². The van der Waals surface area contributed by atoms with E-state index in [1.165, 1.54) is 6.07 Å². The second kappa shape index (κ2) is 6.30. The molecule has 114 valence electrons. The molecule has 0 bridgehead atoms. The molecular formula is C19H20FNO.